The number of rotatable bonds is 5. The Morgan fingerprint density at radius 3 is 2.29 bits per heavy atom. The van der Waals surface area contributed by atoms with Crippen LogP contribution in [0.3, 0.4) is 0 Å². The second-order valence-electron chi connectivity index (χ2n) is 3.68. The highest BCUT2D eigenvalue weighted by Gasteiger charge is 2.25. The van der Waals surface area contributed by atoms with Gasteiger partial charge >= 0.3 is 0 Å². The van der Waals surface area contributed by atoms with Gasteiger partial charge in [0.2, 0.25) is 10.0 Å². The van der Waals surface area contributed by atoms with Gasteiger partial charge in [-0.05, 0) is 31.2 Å². The lowest BCUT2D eigenvalue weighted by molar-refractivity contribution is 0.415. The number of halogens is 1. The Kier molecular flexibility index (Phi) is 4.65. The minimum atomic E-state index is -3.40. The van der Waals surface area contributed by atoms with Crippen molar-refractivity contribution in [3.8, 4) is 5.75 Å². The summed E-state index contributed by atoms with van der Waals surface area (Å²) in [5, 5.41) is -0.615. The fourth-order valence-electron chi connectivity index (χ4n) is 1.29. The molecule has 96 valence electrons. The third-order valence-electron chi connectivity index (χ3n) is 2.54. The standard InChI is InChI=1S/C11H16ClNO3S/c1-9(8-12)17(14,15)13(2)10-4-6-11(16-3)7-5-10/h4-7,9H,8H2,1-3H3. The third-order valence-corrected chi connectivity index (χ3v) is 5.35. The summed E-state index contributed by atoms with van der Waals surface area (Å²) in [6, 6.07) is 6.81. The van der Waals surface area contributed by atoms with Crippen molar-refractivity contribution in [1.82, 2.24) is 0 Å². The zero-order valence-corrected chi connectivity index (χ0v) is 11.6. The fourth-order valence-corrected chi connectivity index (χ4v) is 2.88. The van der Waals surface area contributed by atoms with E-state index in [2.05, 4.69) is 0 Å². The molecule has 0 aliphatic heterocycles. The Labute approximate surface area is 107 Å². The summed E-state index contributed by atoms with van der Waals surface area (Å²) in [6.45, 7) is 1.59. The lowest BCUT2D eigenvalue weighted by Gasteiger charge is -2.22. The molecule has 1 rings (SSSR count). The molecule has 0 saturated carbocycles. The predicted octanol–water partition coefficient (Wildman–Crippen LogP) is 2.09. The SMILES string of the molecule is COc1ccc(N(C)S(=O)(=O)C(C)CCl)cc1. The van der Waals surface area contributed by atoms with Crippen LogP contribution in [0.15, 0.2) is 24.3 Å². The van der Waals surface area contributed by atoms with Gasteiger partial charge in [-0.15, -0.1) is 11.6 Å². The fraction of sp³-hybridized carbons (Fsp3) is 0.455. The molecule has 0 aliphatic carbocycles. The summed E-state index contributed by atoms with van der Waals surface area (Å²) in [5.41, 5.74) is 0.586. The van der Waals surface area contributed by atoms with Gasteiger partial charge in [0.05, 0.1) is 18.0 Å². The average molecular weight is 278 g/mol. The van der Waals surface area contributed by atoms with Gasteiger partial charge in [-0.25, -0.2) is 8.42 Å². The minimum absolute atomic E-state index is 0.0723. The third kappa shape index (κ3) is 3.04. The van der Waals surface area contributed by atoms with E-state index in [4.69, 9.17) is 16.3 Å². The Balaban J connectivity index is 2.99. The van der Waals surface area contributed by atoms with Crippen LogP contribution in [-0.2, 0) is 10.0 Å². The van der Waals surface area contributed by atoms with Crippen LogP contribution in [0.25, 0.3) is 0 Å². The summed E-state index contributed by atoms with van der Waals surface area (Å²) in [6.07, 6.45) is 0. The molecule has 0 N–H and O–H groups in total. The van der Waals surface area contributed by atoms with E-state index in [1.54, 1.807) is 38.3 Å². The Bertz CT molecular complexity index is 458. The van der Waals surface area contributed by atoms with Crippen LogP contribution in [0.1, 0.15) is 6.92 Å². The van der Waals surface area contributed by atoms with E-state index in [1.165, 1.54) is 11.4 Å². The molecule has 0 aromatic heterocycles. The number of benzene rings is 1. The van der Waals surface area contributed by atoms with Crippen LogP contribution in [0.5, 0.6) is 5.75 Å². The van der Waals surface area contributed by atoms with Gasteiger partial charge in [0.1, 0.15) is 5.75 Å². The molecule has 0 spiro atoms. The second-order valence-corrected chi connectivity index (χ2v) is 6.37. The zero-order chi connectivity index (χ0) is 13.1. The summed E-state index contributed by atoms with van der Waals surface area (Å²) in [7, 11) is -0.326. The molecule has 0 amide bonds. The normalized spacial score (nSPS) is 13.2. The van der Waals surface area contributed by atoms with Gasteiger partial charge in [0, 0.05) is 12.9 Å². The molecule has 1 atom stereocenters. The molecule has 0 bridgehead atoms. The molecule has 0 saturated heterocycles. The van der Waals surface area contributed by atoms with Crippen molar-refractivity contribution in [1.29, 1.82) is 0 Å². The molecule has 17 heavy (non-hydrogen) atoms. The Morgan fingerprint density at radius 1 is 1.35 bits per heavy atom. The van der Waals surface area contributed by atoms with E-state index in [1.807, 2.05) is 0 Å². The number of hydrogen-bond acceptors (Lipinski definition) is 3. The molecule has 6 heteroatoms. The summed E-state index contributed by atoms with van der Waals surface area (Å²) < 4.78 is 30.3. The van der Waals surface area contributed by atoms with E-state index in [0.29, 0.717) is 11.4 Å². The lowest BCUT2D eigenvalue weighted by Crippen LogP contribution is -2.35. The average Bonchev–Trinajstić information content (AvgIpc) is 2.36. The van der Waals surface area contributed by atoms with Gasteiger partial charge in [-0.1, -0.05) is 0 Å². The highest BCUT2D eigenvalue weighted by molar-refractivity contribution is 7.93. The summed E-state index contributed by atoms with van der Waals surface area (Å²) in [4.78, 5) is 0. The van der Waals surface area contributed by atoms with Crippen molar-refractivity contribution in [3.63, 3.8) is 0 Å². The van der Waals surface area contributed by atoms with E-state index < -0.39 is 15.3 Å². The van der Waals surface area contributed by atoms with Crippen LogP contribution in [0, 0.1) is 0 Å². The van der Waals surface area contributed by atoms with Crippen LogP contribution in [0.2, 0.25) is 0 Å². The maximum Gasteiger partial charge on any atom is 0.238 e. The van der Waals surface area contributed by atoms with Crippen molar-refractivity contribution >= 4 is 27.3 Å². The molecule has 0 radical (unpaired) electrons. The number of hydrogen-bond donors (Lipinski definition) is 0. The van der Waals surface area contributed by atoms with Crippen LogP contribution >= 0.6 is 11.6 Å². The summed E-state index contributed by atoms with van der Waals surface area (Å²) >= 11 is 5.59. The van der Waals surface area contributed by atoms with Crippen molar-refractivity contribution in [2.45, 2.75) is 12.2 Å². The van der Waals surface area contributed by atoms with Gasteiger partial charge < -0.3 is 4.74 Å². The number of nitrogens with zero attached hydrogens (tertiary/aromatic N) is 1. The molecule has 1 aromatic carbocycles. The first-order chi connectivity index (χ1) is 7.93. The van der Waals surface area contributed by atoms with E-state index in [9.17, 15) is 8.42 Å². The number of methoxy groups -OCH3 is 1. The molecule has 4 nitrogen and oxygen atoms in total. The van der Waals surface area contributed by atoms with Crippen LogP contribution < -0.4 is 9.04 Å². The topological polar surface area (TPSA) is 46.6 Å². The first-order valence-electron chi connectivity index (χ1n) is 5.11. The van der Waals surface area contributed by atoms with Gasteiger partial charge in [0.15, 0.2) is 0 Å². The first kappa shape index (κ1) is 14.1. The van der Waals surface area contributed by atoms with Crippen LogP contribution in [-0.4, -0.2) is 33.7 Å². The molecule has 0 aliphatic rings. The molecule has 0 fully saturated rings. The molecule has 1 unspecified atom stereocenters. The number of sulfonamides is 1. The summed E-state index contributed by atoms with van der Waals surface area (Å²) in [5.74, 6) is 0.757. The lowest BCUT2D eigenvalue weighted by atomic mass is 10.3. The van der Waals surface area contributed by atoms with Crippen molar-refractivity contribution in [2.75, 3.05) is 24.3 Å². The molecule has 1 aromatic rings. The highest BCUT2D eigenvalue weighted by Crippen LogP contribution is 2.22. The molecule has 0 heterocycles. The van der Waals surface area contributed by atoms with E-state index in [-0.39, 0.29) is 5.88 Å². The number of ether oxygens (including phenoxy) is 1. The molecular formula is C11H16ClNO3S. The van der Waals surface area contributed by atoms with Crippen molar-refractivity contribution in [3.05, 3.63) is 24.3 Å². The second kappa shape index (κ2) is 5.60. The highest BCUT2D eigenvalue weighted by atomic mass is 35.5. The van der Waals surface area contributed by atoms with Gasteiger partial charge in [-0.2, -0.15) is 0 Å². The quantitative estimate of drug-likeness (QED) is 0.774. The largest absolute Gasteiger partial charge is 0.497 e. The van der Waals surface area contributed by atoms with Crippen LogP contribution in [0.4, 0.5) is 5.69 Å². The van der Waals surface area contributed by atoms with Crippen molar-refractivity contribution < 1.29 is 13.2 Å². The number of anilines is 1. The first-order valence-corrected chi connectivity index (χ1v) is 7.15. The van der Waals surface area contributed by atoms with Gasteiger partial charge in [-0.3, -0.25) is 4.31 Å². The maximum atomic E-state index is 12.0. The Morgan fingerprint density at radius 2 is 1.88 bits per heavy atom. The minimum Gasteiger partial charge on any atom is -0.497 e. The Hall–Kier alpha value is -0.940. The van der Waals surface area contributed by atoms with E-state index in [0.717, 1.165) is 0 Å². The smallest absolute Gasteiger partial charge is 0.238 e. The van der Waals surface area contributed by atoms with E-state index >= 15 is 0 Å². The molecular weight excluding hydrogens is 262 g/mol. The maximum absolute atomic E-state index is 12.0. The predicted molar refractivity (Wildman–Crippen MR) is 70.5 cm³/mol. The van der Waals surface area contributed by atoms with Gasteiger partial charge in [0.25, 0.3) is 0 Å². The monoisotopic (exact) mass is 277 g/mol. The number of alkyl halides is 1. The zero-order valence-electron chi connectivity index (χ0n) is 10.1. The van der Waals surface area contributed by atoms with Crippen molar-refractivity contribution in [2.24, 2.45) is 0 Å².